The van der Waals surface area contributed by atoms with Crippen molar-refractivity contribution in [1.29, 1.82) is 0 Å². The molecule has 30 heavy (non-hydrogen) atoms. The number of aromatic nitrogens is 1. The Bertz CT molecular complexity index is 1090. The van der Waals surface area contributed by atoms with E-state index >= 15 is 0 Å². The van der Waals surface area contributed by atoms with Crippen LogP contribution in [0.15, 0.2) is 78.4 Å². The fraction of sp³-hybridized carbons (Fsp3) is 0.250. The Morgan fingerprint density at radius 3 is 2.63 bits per heavy atom. The quantitative estimate of drug-likeness (QED) is 0.336. The van der Waals surface area contributed by atoms with Crippen molar-refractivity contribution >= 4 is 34.7 Å². The highest BCUT2D eigenvalue weighted by molar-refractivity contribution is 6.31. The molecule has 154 valence electrons. The molecule has 2 heteroatoms. The van der Waals surface area contributed by atoms with Crippen molar-refractivity contribution in [2.45, 2.75) is 40.0 Å². The number of hydrogen-bond donors (Lipinski definition) is 0. The zero-order chi connectivity index (χ0) is 21.5. The second-order valence-corrected chi connectivity index (χ2v) is 8.44. The fourth-order valence-corrected chi connectivity index (χ4v) is 3.74. The van der Waals surface area contributed by atoms with Crippen LogP contribution in [-0.4, -0.2) is 4.98 Å². The zero-order valence-electron chi connectivity index (χ0n) is 18.2. The molecule has 0 bridgehead atoms. The summed E-state index contributed by atoms with van der Waals surface area (Å²) in [6.07, 6.45) is 9.68. The zero-order valence-corrected chi connectivity index (χ0v) is 18.9. The molecule has 0 aliphatic rings. The van der Waals surface area contributed by atoms with Crippen LogP contribution in [0.5, 0.6) is 0 Å². The Labute approximate surface area is 185 Å². The molecule has 1 heterocycles. The predicted octanol–water partition coefficient (Wildman–Crippen LogP) is 8.54. The molecule has 0 saturated carbocycles. The van der Waals surface area contributed by atoms with Crippen LogP contribution in [0.25, 0.3) is 23.1 Å². The number of benzene rings is 2. The van der Waals surface area contributed by atoms with Gasteiger partial charge >= 0.3 is 0 Å². The Morgan fingerprint density at radius 1 is 1.07 bits per heavy atom. The van der Waals surface area contributed by atoms with Crippen molar-refractivity contribution in [2.75, 3.05) is 0 Å². The second kappa shape index (κ2) is 10.4. The number of allylic oxidation sites excluding steroid dienone is 3. The van der Waals surface area contributed by atoms with Gasteiger partial charge in [-0.1, -0.05) is 80.6 Å². The van der Waals surface area contributed by atoms with Crippen LogP contribution in [0.2, 0.25) is 5.02 Å². The largest absolute Gasteiger partial charge is 0.248 e. The molecule has 0 unspecified atom stereocenters. The third-order valence-electron chi connectivity index (χ3n) is 5.44. The predicted molar refractivity (Wildman–Crippen MR) is 133 cm³/mol. The molecule has 0 fully saturated rings. The summed E-state index contributed by atoms with van der Waals surface area (Å²) in [7, 11) is 0. The first-order valence-electron chi connectivity index (χ1n) is 10.6. The maximum Gasteiger partial charge on any atom is 0.0724 e. The Morgan fingerprint density at radius 2 is 1.87 bits per heavy atom. The molecule has 2 aromatic carbocycles. The summed E-state index contributed by atoms with van der Waals surface area (Å²) in [4.78, 5) is 4.70. The van der Waals surface area contributed by atoms with E-state index in [0.29, 0.717) is 10.9 Å². The van der Waals surface area contributed by atoms with Crippen molar-refractivity contribution in [3.63, 3.8) is 0 Å². The Hall–Kier alpha value is -2.64. The molecule has 0 N–H and O–H groups in total. The highest BCUT2D eigenvalue weighted by Gasteiger charge is 2.06. The van der Waals surface area contributed by atoms with Gasteiger partial charge in [-0.05, 0) is 78.7 Å². The van der Waals surface area contributed by atoms with Gasteiger partial charge in [0.05, 0.1) is 11.2 Å². The number of aryl methyl sites for hydroxylation is 1. The summed E-state index contributed by atoms with van der Waals surface area (Å²) in [5, 5.41) is 1.81. The summed E-state index contributed by atoms with van der Waals surface area (Å²) in [6, 6.07) is 18.7. The summed E-state index contributed by atoms with van der Waals surface area (Å²) >= 11 is 6.10. The van der Waals surface area contributed by atoms with Crippen LogP contribution in [0, 0.1) is 5.92 Å². The highest BCUT2D eigenvalue weighted by Crippen LogP contribution is 2.23. The first kappa shape index (κ1) is 22.1. The van der Waals surface area contributed by atoms with Gasteiger partial charge in [0, 0.05) is 10.4 Å². The molecular weight excluding hydrogens is 386 g/mol. The minimum atomic E-state index is 0.504. The maximum atomic E-state index is 6.10. The van der Waals surface area contributed by atoms with Gasteiger partial charge in [-0.2, -0.15) is 0 Å². The third-order valence-corrected chi connectivity index (χ3v) is 5.68. The van der Waals surface area contributed by atoms with Crippen molar-refractivity contribution in [1.82, 2.24) is 4.98 Å². The average Bonchev–Trinajstić information content (AvgIpc) is 2.74. The minimum absolute atomic E-state index is 0.504. The van der Waals surface area contributed by atoms with Crippen LogP contribution in [0.4, 0.5) is 0 Å². The standard InChI is InChI=1S/C28H30ClN/c1-5-24(21(4)20(2)3)11-7-10-22-8-6-9-23(18-22)12-16-27-17-14-25-13-15-26(29)19-28(25)30-27/h5-6,8-9,12-20H,4,7,10-11H2,1-3H3/b16-12+,24-5-. The molecule has 1 nitrogen and oxygen atoms in total. The normalized spacial score (nSPS) is 12.2. The smallest absolute Gasteiger partial charge is 0.0724 e. The topological polar surface area (TPSA) is 12.9 Å². The molecule has 0 atom stereocenters. The van der Waals surface area contributed by atoms with Gasteiger partial charge in [0.2, 0.25) is 0 Å². The van der Waals surface area contributed by atoms with Crippen molar-refractivity contribution in [3.05, 3.63) is 100 Å². The van der Waals surface area contributed by atoms with Crippen LogP contribution < -0.4 is 0 Å². The number of halogens is 1. The molecular formula is C28H30ClN. The lowest BCUT2D eigenvalue weighted by Crippen LogP contribution is -1.98. The first-order valence-corrected chi connectivity index (χ1v) is 11.0. The third kappa shape index (κ3) is 5.93. The maximum absolute atomic E-state index is 6.10. The van der Waals surface area contributed by atoms with Gasteiger partial charge < -0.3 is 0 Å². The van der Waals surface area contributed by atoms with Crippen molar-refractivity contribution in [3.8, 4) is 0 Å². The molecule has 0 aliphatic heterocycles. The van der Waals surface area contributed by atoms with Gasteiger partial charge in [-0.25, -0.2) is 4.98 Å². The van der Waals surface area contributed by atoms with Crippen molar-refractivity contribution in [2.24, 2.45) is 5.92 Å². The van der Waals surface area contributed by atoms with E-state index in [0.717, 1.165) is 35.9 Å². The van der Waals surface area contributed by atoms with Crippen LogP contribution >= 0.6 is 11.6 Å². The number of nitrogens with zero attached hydrogens (tertiary/aromatic N) is 1. The molecule has 3 rings (SSSR count). The number of rotatable bonds is 8. The van der Waals surface area contributed by atoms with Gasteiger partial charge in [-0.15, -0.1) is 0 Å². The van der Waals surface area contributed by atoms with E-state index in [1.165, 1.54) is 22.3 Å². The van der Waals surface area contributed by atoms with E-state index < -0.39 is 0 Å². The number of hydrogen-bond acceptors (Lipinski definition) is 1. The number of fused-ring (bicyclic) bond motifs is 1. The SMILES string of the molecule is C=C(/C(=C\C)CCCc1cccc(/C=C/c2ccc3ccc(Cl)cc3n2)c1)C(C)C. The van der Waals surface area contributed by atoms with E-state index in [1.54, 1.807) is 0 Å². The van der Waals surface area contributed by atoms with Gasteiger partial charge in [0.1, 0.15) is 0 Å². The van der Waals surface area contributed by atoms with Crippen LogP contribution in [-0.2, 0) is 6.42 Å². The summed E-state index contributed by atoms with van der Waals surface area (Å²) < 4.78 is 0. The van der Waals surface area contributed by atoms with Gasteiger partial charge in [0.15, 0.2) is 0 Å². The lowest BCUT2D eigenvalue weighted by atomic mass is 9.92. The van der Waals surface area contributed by atoms with E-state index in [-0.39, 0.29) is 0 Å². The van der Waals surface area contributed by atoms with Gasteiger partial charge in [0.25, 0.3) is 0 Å². The lowest BCUT2D eigenvalue weighted by Gasteiger charge is -2.14. The molecule has 0 saturated heterocycles. The Kier molecular flexibility index (Phi) is 7.65. The lowest BCUT2D eigenvalue weighted by molar-refractivity contribution is 0.739. The monoisotopic (exact) mass is 415 g/mol. The second-order valence-electron chi connectivity index (χ2n) is 8.00. The van der Waals surface area contributed by atoms with Crippen LogP contribution in [0.1, 0.15) is 50.4 Å². The Balaban J connectivity index is 1.64. The molecule has 0 amide bonds. The fourth-order valence-electron chi connectivity index (χ4n) is 3.58. The van der Waals surface area contributed by atoms with E-state index in [1.807, 2.05) is 24.3 Å². The van der Waals surface area contributed by atoms with E-state index in [4.69, 9.17) is 16.6 Å². The minimum Gasteiger partial charge on any atom is -0.248 e. The summed E-state index contributed by atoms with van der Waals surface area (Å²) in [5.74, 6) is 0.504. The van der Waals surface area contributed by atoms with E-state index in [9.17, 15) is 0 Å². The molecule has 0 radical (unpaired) electrons. The van der Waals surface area contributed by atoms with Gasteiger partial charge in [-0.3, -0.25) is 0 Å². The van der Waals surface area contributed by atoms with Crippen molar-refractivity contribution < 1.29 is 0 Å². The molecule has 0 spiro atoms. The summed E-state index contributed by atoms with van der Waals surface area (Å²) in [6.45, 7) is 10.8. The summed E-state index contributed by atoms with van der Waals surface area (Å²) in [5.41, 5.74) is 7.06. The molecule has 3 aromatic rings. The molecule has 1 aromatic heterocycles. The van der Waals surface area contributed by atoms with E-state index in [2.05, 4.69) is 75.9 Å². The highest BCUT2D eigenvalue weighted by atomic mass is 35.5. The van der Waals surface area contributed by atoms with Crippen LogP contribution in [0.3, 0.4) is 0 Å². The number of pyridine rings is 1. The first-order chi connectivity index (χ1) is 14.5. The average molecular weight is 416 g/mol. The molecule has 0 aliphatic carbocycles.